The zero-order valence-electron chi connectivity index (χ0n) is 14.1. The summed E-state index contributed by atoms with van der Waals surface area (Å²) in [6.07, 6.45) is 0. The van der Waals surface area contributed by atoms with Gasteiger partial charge >= 0.3 is 0 Å². The molecule has 2 amide bonds. The summed E-state index contributed by atoms with van der Waals surface area (Å²) in [5.41, 5.74) is 1.58. The molecule has 3 aromatic rings. The van der Waals surface area contributed by atoms with Gasteiger partial charge < -0.3 is 9.80 Å². The number of amides is 2. The average molecular weight is 350 g/mol. The molecule has 1 aliphatic rings. The van der Waals surface area contributed by atoms with Gasteiger partial charge in [0.1, 0.15) is 0 Å². The van der Waals surface area contributed by atoms with E-state index in [4.69, 9.17) is 0 Å². The van der Waals surface area contributed by atoms with E-state index in [2.05, 4.69) is 0 Å². The third kappa shape index (κ3) is 2.61. The van der Waals surface area contributed by atoms with Gasteiger partial charge in [-0.1, -0.05) is 30.3 Å². The number of thiophene rings is 1. The molecule has 0 N–H and O–H groups in total. The molecule has 0 bridgehead atoms. The summed E-state index contributed by atoms with van der Waals surface area (Å²) in [4.78, 5) is 29.5. The molecule has 0 radical (unpaired) electrons. The standard InChI is InChI=1S/C20H18N2O2S/c1-13-12-21(16-8-4-5-9-17(16)22(13)14(2)23)20(24)19-11-15-7-3-6-10-18(15)25-19/h3-11,13H,12H2,1-2H3. The summed E-state index contributed by atoms with van der Waals surface area (Å²) in [6.45, 7) is 4.03. The van der Waals surface area contributed by atoms with E-state index < -0.39 is 0 Å². The van der Waals surface area contributed by atoms with Gasteiger partial charge in [-0.15, -0.1) is 11.3 Å². The van der Waals surface area contributed by atoms with Crippen molar-refractivity contribution in [2.45, 2.75) is 19.9 Å². The minimum atomic E-state index is -0.0641. The molecule has 0 fully saturated rings. The molecular formula is C20H18N2O2S. The first-order valence-corrected chi connectivity index (χ1v) is 9.07. The molecule has 4 nitrogen and oxygen atoms in total. The first-order valence-electron chi connectivity index (χ1n) is 8.25. The number of benzene rings is 2. The molecule has 4 rings (SSSR count). The van der Waals surface area contributed by atoms with E-state index in [0.717, 1.165) is 26.3 Å². The van der Waals surface area contributed by atoms with Crippen molar-refractivity contribution < 1.29 is 9.59 Å². The predicted octanol–water partition coefficient (Wildman–Crippen LogP) is 4.30. The van der Waals surface area contributed by atoms with E-state index in [1.165, 1.54) is 11.3 Å². The molecular weight excluding hydrogens is 332 g/mol. The van der Waals surface area contributed by atoms with E-state index in [1.807, 2.05) is 61.5 Å². The Kier molecular flexibility index (Phi) is 3.81. The van der Waals surface area contributed by atoms with Gasteiger partial charge in [0.25, 0.3) is 5.91 Å². The van der Waals surface area contributed by atoms with Crippen LogP contribution in [0.1, 0.15) is 23.5 Å². The molecule has 1 atom stereocenters. The van der Waals surface area contributed by atoms with Crippen LogP contribution in [0.15, 0.2) is 54.6 Å². The summed E-state index contributed by atoms with van der Waals surface area (Å²) >= 11 is 1.51. The first kappa shape index (κ1) is 15.8. The Hall–Kier alpha value is -2.66. The summed E-state index contributed by atoms with van der Waals surface area (Å²) < 4.78 is 1.11. The van der Waals surface area contributed by atoms with Crippen LogP contribution in [-0.2, 0) is 4.79 Å². The third-order valence-electron chi connectivity index (χ3n) is 4.54. The number of rotatable bonds is 1. The Morgan fingerprint density at radius 2 is 1.72 bits per heavy atom. The second-order valence-electron chi connectivity index (χ2n) is 6.29. The quantitative estimate of drug-likeness (QED) is 0.656. The van der Waals surface area contributed by atoms with E-state index >= 15 is 0 Å². The van der Waals surface area contributed by atoms with Crippen LogP contribution < -0.4 is 9.80 Å². The zero-order valence-corrected chi connectivity index (χ0v) is 14.9. The lowest BCUT2D eigenvalue weighted by atomic mass is 10.1. The summed E-state index contributed by atoms with van der Waals surface area (Å²) in [5, 5.41) is 1.08. The molecule has 0 saturated carbocycles. The largest absolute Gasteiger partial charge is 0.306 e. The third-order valence-corrected chi connectivity index (χ3v) is 5.64. The molecule has 126 valence electrons. The van der Waals surface area contributed by atoms with Crippen LogP contribution in [0.5, 0.6) is 0 Å². The molecule has 25 heavy (non-hydrogen) atoms. The molecule has 1 aliphatic heterocycles. The SMILES string of the molecule is CC(=O)N1c2ccccc2N(C(=O)c2cc3ccccc3s2)CC1C. The minimum Gasteiger partial charge on any atom is -0.306 e. The van der Waals surface area contributed by atoms with Crippen LogP contribution in [0.25, 0.3) is 10.1 Å². The Morgan fingerprint density at radius 1 is 1.04 bits per heavy atom. The molecule has 0 saturated heterocycles. The molecule has 2 aromatic carbocycles. The number of carbonyl (C=O) groups is 2. The normalized spacial score (nSPS) is 16.8. The second kappa shape index (κ2) is 6.01. The van der Waals surface area contributed by atoms with Crippen molar-refractivity contribution in [3.05, 3.63) is 59.5 Å². The Balaban J connectivity index is 1.78. The van der Waals surface area contributed by atoms with Gasteiger partial charge in [0, 0.05) is 18.2 Å². The van der Waals surface area contributed by atoms with Crippen molar-refractivity contribution in [1.82, 2.24) is 0 Å². The predicted molar refractivity (Wildman–Crippen MR) is 103 cm³/mol. The molecule has 5 heteroatoms. The van der Waals surface area contributed by atoms with Crippen molar-refractivity contribution in [3.8, 4) is 0 Å². The van der Waals surface area contributed by atoms with Crippen LogP contribution in [0, 0.1) is 0 Å². The summed E-state index contributed by atoms with van der Waals surface area (Å²) in [5.74, 6) is -0.0161. The molecule has 2 heterocycles. The maximum atomic E-state index is 13.2. The van der Waals surface area contributed by atoms with Gasteiger partial charge in [-0.2, -0.15) is 0 Å². The van der Waals surface area contributed by atoms with E-state index in [9.17, 15) is 9.59 Å². The van der Waals surface area contributed by atoms with Crippen molar-refractivity contribution in [1.29, 1.82) is 0 Å². The fraction of sp³-hybridized carbons (Fsp3) is 0.200. The number of carbonyl (C=O) groups excluding carboxylic acids is 2. The van der Waals surface area contributed by atoms with Crippen molar-refractivity contribution in [3.63, 3.8) is 0 Å². The maximum Gasteiger partial charge on any atom is 0.268 e. The Labute approximate surface area is 150 Å². The highest BCUT2D eigenvalue weighted by Crippen LogP contribution is 2.37. The molecule has 0 aliphatic carbocycles. The summed E-state index contributed by atoms with van der Waals surface area (Å²) in [6, 6.07) is 17.5. The lowest BCUT2D eigenvalue weighted by molar-refractivity contribution is -0.117. The van der Waals surface area contributed by atoms with Crippen LogP contribution >= 0.6 is 11.3 Å². The minimum absolute atomic E-state index is 0.00564. The zero-order chi connectivity index (χ0) is 17.6. The van der Waals surface area contributed by atoms with Crippen molar-refractivity contribution >= 4 is 44.6 Å². The monoisotopic (exact) mass is 350 g/mol. The van der Waals surface area contributed by atoms with E-state index in [0.29, 0.717) is 6.54 Å². The first-order chi connectivity index (χ1) is 12.1. The average Bonchev–Trinajstić information content (AvgIpc) is 3.04. The molecule has 0 spiro atoms. The van der Waals surface area contributed by atoms with Crippen molar-refractivity contribution in [2.75, 3.05) is 16.3 Å². The van der Waals surface area contributed by atoms with E-state index in [-0.39, 0.29) is 17.9 Å². The van der Waals surface area contributed by atoms with E-state index in [1.54, 1.807) is 16.7 Å². The highest BCUT2D eigenvalue weighted by Gasteiger charge is 2.34. The van der Waals surface area contributed by atoms with Crippen LogP contribution in [0.4, 0.5) is 11.4 Å². The van der Waals surface area contributed by atoms with Gasteiger partial charge in [-0.3, -0.25) is 9.59 Å². The maximum absolute atomic E-state index is 13.2. The summed E-state index contributed by atoms with van der Waals surface area (Å²) in [7, 11) is 0. The number of hydrogen-bond acceptors (Lipinski definition) is 3. The fourth-order valence-electron chi connectivity index (χ4n) is 3.47. The number of fused-ring (bicyclic) bond motifs is 2. The number of hydrogen-bond donors (Lipinski definition) is 0. The van der Waals surface area contributed by atoms with Crippen LogP contribution in [0.3, 0.4) is 0 Å². The van der Waals surface area contributed by atoms with Crippen LogP contribution in [0.2, 0.25) is 0 Å². The van der Waals surface area contributed by atoms with Gasteiger partial charge in [-0.05, 0) is 36.6 Å². The van der Waals surface area contributed by atoms with Gasteiger partial charge in [0.15, 0.2) is 0 Å². The molecule has 1 aromatic heterocycles. The Morgan fingerprint density at radius 3 is 2.44 bits per heavy atom. The number of para-hydroxylation sites is 2. The fourth-order valence-corrected chi connectivity index (χ4v) is 4.48. The number of anilines is 2. The van der Waals surface area contributed by atoms with Crippen LogP contribution in [-0.4, -0.2) is 24.4 Å². The highest BCUT2D eigenvalue weighted by atomic mass is 32.1. The topological polar surface area (TPSA) is 40.6 Å². The molecule has 1 unspecified atom stereocenters. The van der Waals surface area contributed by atoms with Crippen molar-refractivity contribution in [2.24, 2.45) is 0 Å². The Bertz CT molecular complexity index is 945. The highest BCUT2D eigenvalue weighted by molar-refractivity contribution is 7.20. The smallest absolute Gasteiger partial charge is 0.268 e. The van der Waals surface area contributed by atoms with Gasteiger partial charge in [-0.25, -0.2) is 0 Å². The second-order valence-corrected chi connectivity index (χ2v) is 7.37. The lowest BCUT2D eigenvalue weighted by Gasteiger charge is -2.40. The van der Waals surface area contributed by atoms with Gasteiger partial charge in [0.05, 0.1) is 22.3 Å². The number of nitrogens with zero attached hydrogens (tertiary/aromatic N) is 2. The lowest BCUT2D eigenvalue weighted by Crippen LogP contribution is -2.51. The van der Waals surface area contributed by atoms with Gasteiger partial charge in [0.2, 0.25) is 5.91 Å².